The average Bonchev–Trinajstić information content (AvgIpc) is 3.30. The molecule has 1 amide bonds. The molecule has 0 aromatic heterocycles. The Morgan fingerprint density at radius 2 is 1.80 bits per heavy atom. The van der Waals surface area contributed by atoms with Gasteiger partial charge in [-0.2, -0.15) is 4.31 Å². The molecule has 166 valence electrons. The van der Waals surface area contributed by atoms with Gasteiger partial charge in [0.05, 0.1) is 23.5 Å². The number of nitrogens with zero attached hydrogens (tertiary/aromatic N) is 2. The molecule has 2 atom stereocenters. The summed E-state index contributed by atoms with van der Waals surface area (Å²) in [5.74, 6) is -0.594. The van der Waals surface area contributed by atoms with Gasteiger partial charge >= 0.3 is 5.97 Å². The van der Waals surface area contributed by atoms with Crippen LogP contribution in [0.1, 0.15) is 39.5 Å². The number of carbonyl (C=O) groups is 2. The van der Waals surface area contributed by atoms with E-state index in [1.807, 2.05) is 11.8 Å². The molecule has 8 nitrogen and oxygen atoms in total. The summed E-state index contributed by atoms with van der Waals surface area (Å²) in [5, 5.41) is 2.85. The van der Waals surface area contributed by atoms with E-state index in [2.05, 4.69) is 5.32 Å². The lowest BCUT2D eigenvalue weighted by atomic mass is 9.97. The number of hydrogen-bond acceptors (Lipinski definition) is 6. The van der Waals surface area contributed by atoms with Crippen LogP contribution in [0.15, 0.2) is 29.2 Å². The summed E-state index contributed by atoms with van der Waals surface area (Å²) >= 11 is 0. The summed E-state index contributed by atoms with van der Waals surface area (Å²) in [5.41, 5.74) is 0.547. The molecule has 1 N–H and O–H groups in total. The predicted octanol–water partition coefficient (Wildman–Crippen LogP) is 2.07. The Kier molecular flexibility index (Phi) is 7.49. The van der Waals surface area contributed by atoms with Crippen LogP contribution < -0.4 is 5.32 Å². The number of esters is 1. The number of sulfonamides is 1. The second-order valence-electron chi connectivity index (χ2n) is 7.89. The highest BCUT2D eigenvalue weighted by Gasteiger charge is 2.32. The van der Waals surface area contributed by atoms with Crippen molar-refractivity contribution >= 4 is 27.6 Å². The minimum absolute atomic E-state index is 0.186. The van der Waals surface area contributed by atoms with Gasteiger partial charge in [-0.1, -0.05) is 0 Å². The lowest BCUT2D eigenvalue weighted by molar-refractivity contribution is -0.150. The van der Waals surface area contributed by atoms with E-state index < -0.39 is 16.1 Å². The van der Waals surface area contributed by atoms with Gasteiger partial charge in [0.1, 0.15) is 0 Å². The summed E-state index contributed by atoms with van der Waals surface area (Å²) in [7, 11) is -3.47. The molecule has 0 radical (unpaired) electrons. The van der Waals surface area contributed by atoms with E-state index in [1.54, 1.807) is 19.1 Å². The van der Waals surface area contributed by atoms with Crippen molar-refractivity contribution in [1.29, 1.82) is 0 Å². The van der Waals surface area contributed by atoms with Crippen molar-refractivity contribution in [1.82, 2.24) is 9.21 Å². The minimum Gasteiger partial charge on any atom is -0.466 e. The third-order valence-electron chi connectivity index (χ3n) is 5.82. The lowest BCUT2D eigenvalue weighted by Crippen LogP contribution is -2.48. The molecule has 3 rings (SSSR count). The molecule has 0 aliphatic carbocycles. The second-order valence-corrected chi connectivity index (χ2v) is 9.82. The summed E-state index contributed by atoms with van der Waals surface area (Å²) in [6, 6.07) is 5.89. The van der Waals surface area contributed by atoms with Crippen LogP contribution in [0.25, 0.3) is 0 Å². The van der Waals surface area contributed by atoms with E-state index in [0.717, 1.165) is 32.2 Å². The number of likely N-dealkylation sites (tertiary alicyclic amines) is 1. The van der Waals surface area contributed by atoms with Crippen LogP contribution in [0.3, 0.4) is 0 Å². The van der Waals surface area contributed by atoms with Crippen molar-refractivity contribution in [2.24, 2.45) is 5.92 Å². The van der Waals surface area contributed by atoms with E-state index in [0.29, 0.717) is 31.9 Å². The molecule has 30 heavy (non-hydrogen) atoms. The van der Waals surface area contributed by atoms with Crippen LogP contribution in [0.4, 0.5) is 5.69 Å². The fourth-order valence-corrected chi connectivity index (χ4v) is 5.53. The summed E-state index contributed by atoms with van der Waals surface area (Å²) < 4.78 is 31.8. The van der Waals surface area contributed by atoms with Crippen LogP contribution in [0.2, 0.25) is 0 Å². The molecular weight excluding hydrogens is 406 g/mol. The average molecular weight is 438 g/mol. The number of amides is 1. The molecule has 9 heteroatoms. The Hall–Kier alpha value is -1.97. The van der Waals surface area contributed by atoms with Crippen molar-refractivity contribution < 1.29 is 22.7 Å². The van der Waals surface area contributed by atoms with Gasteiger partial charge in [-0.25, -0.2) is 8.42 Å². The van der Waals surface area contributed by atoms with E-state index in [-0.39, 0.29) is 22.7 Å². The van der Waals surface area contributed by atoms with Gasteiger partial charge in [0, 0.05) is 25.3 Å². The van der Waals surface area contributed by atoms with E-state index >= 15 is 0 Å². The molecule has 0 saturated carbocycles. The van der Waals surface area contributed by atoms with Crippen LogP contribution in [0.5, 0.6) is 0 Å². The normalized spacial score (nSPS) is 21.9. The third-order valence-corrected chi connectivity index (χ3v) is 7.74. The van der Waals surface area contributed by atoms with Crippen molar-refractivity contribution in [3.63, 3.8) is 0 Å². The van der Waals surface area contributed by atoms with Gasteiger partial charge in [-0.05, 0) is 70.3 Å². The maximum absolute atomic E-state index is 12.7. The second kappa shape index (κ2) is 9.89. The number of hydrogen-bond donors (Lipinski definition) is 1. The highest BCUT2D eigenvalue weighted by Crippen LogP contribution is 2.23. The molecule has 0 spiro atoms. The van der Waals surface area contributed by atoms with E-state index in [1.165, 1.54) is 16.4 Å². The van der Waals surface area contributed by atoms with Crippen molar-refractivity contribution in [3.05, 3.63) is 24.3 Å². The van der Waals surface area contributed by atoms with Crippen LogP contribution in [0, 0.1) is 5.92 Å². The topological polar surface area (TPSA) is 96.0 Å². The first-order chi connectivity index (χ1) is 14.3. The van der Waals surface area contributed by atoms with E-state index in [4.69, 9.17) is 4.74 Å². The first-order valence-corrected chi connectivity index (χ1v) is 12.1. The Bertz CT molecular complexity index is 850. The van der Waals surface area contributed by atoms with Gasteiger partial charge in [-0.3, -0.25) is 14.5 Å². The third kappa shape index (κ3) is 5.19. The zero-order valence-corrected chi connectivity index (χ0v) is 18.5. The molecule has 2 unspecified atom stereocenters. The van der Waals surface area contributed by atoms with Crippen molar-refractivity contribution in [3.8, 4) is 0 Å². The number of ether oxygens (including phenoxy) is 1. The SMILES string of the molecule is CCOC(=O)C1CCCN(C(C)C(=O)Nc2ccc(S(=O)(=O)N3CCCC3)cc2)C1. The van der Waals surface area contributed by atoms with E-state index in [9.17, 15) is 18.0 Å². The van der Waals surface area contributed by atoms with Crippen LogP contribution in [-0.2, 0) is 24.3 Å². The minimum atomic E-state index is -3.47. The Morgan fingerprint density at radius 1 is 1.13 bits per heavy atom. The molecule has 2 heterocycles. The number of carbonyl (C=O) groups excluding carboxylic acids is 2. The van der Waals surface area contributed by atoms with Crippen molar-refractivity contribution in [2.45, 2.75) is 50.5 Å². The monoisotopic (exact) mass is 437 g/mol. The molecule has 2 aliphatic rings. The molecule has 0 bridgehead atoms. The molecule has 2 fully saturated rings. The fourth-order valence-electron chi connectivity index (χ4n) is 4.01. The highest BCUT2D eigenvalue weighted by atomic mass is 32.2. The summed E-state index contributed by atoms with van der Waals surface area (Å²) in [4.78, 5) is 27.0. The zero-order chi connectivity index (χ0) is 21.7. The smallest absolute Gasteiger partial charge is 0.310 e. The number of benzene rings is 1. The van der Waals surface area contributed by atoms with Gasteiger partial charge in [-0.15, -0.1) is 0 Å². The number of anilines is 1. The molecule has 2 saturated heterocycles. The van der Waals surface area contributed by atoms with Gasteiger partial charge in [0.25, 0.3) is 0 Å². The Labute approximate surface area is 178 Å². The lowest BCUT2D eigenvalue weighted by Gasteiger charge is -2.35. The summed E-state index contributed by atoms with van der Waals surface area (Å²) in [6.07, 6.45) is 3.39. The van der Waals surface area contributed by atoms with Gasteiger partial charge in [0.2, 0.25) is 15.9 Å². The first kappa shape index (κ1) is 22.7. The summed E-state index contributed by atoms with van der Waals surface area (Å²) in [6.45, 7) is 6.32. The quantitative estimate of drug-likeness (QED) is 0.656. The number of nitrogens with one attached hydrogen (secondary N) is 1. The standard InChI is InChI=1S/C21H31N3O5S/c1-3-29-21(26)17-7-6-12-23(15-17)16(2)20(25)22-18-8-10-19(11-9-18)30(27,28)24-13-4-5-14-24/h8-11,16-17H,3-7,12-15H2,1-2H3,(H,22,25). The maximum Gasteiger partial charge on any atom is 0.310 e. The fraction of sp³-hybridized carbons (Fsp3) is 0.619. The van der Waals surface area contributed by atoms with Crippen LogP contribution >= 0.6 is 0 Å². The maximum atomic E-state index is 12.7. The largest absolute Gasteiger partial charge is 0.466 e. The van der Waals surface area contributed by atoms with Crippen LogP contribution in [-0.4, -0.2) is 68.3 Å². The molecule has 2 aliphatic heterocycles. The Balaban J connectivity index is 1.59. The number of piperidine rings is 1. The Morgan fingerprint density at radius 3 is 2.43 bits per heavy atom. The highest BCUT2D eigenvalue weighted by molar-refractivity contribution is 7.89. The number of rotatable bonds is 7. The van der Waals surface area contributed by atoms with Gasteiger partial charge < -0.3 is 10.1 Å². The predicted molar refractivity (Wildman–Crippen MR) is 113 cm³/mol. The van der Waals surface area contributed by atoms with Crippen molar-refractivity contribution in [2.75, 3.05) is 38.1 Å². The van der Waals surface area contributed by atoms with Gasteiger partial charge in [0.15, 0.2) is 0 Å². The molecular formula is C21H31N3O5S. The molecule has 1 aromatic carbocycles. The zero-order valence-electron chi connectivity index (χ0n) is 17.7. The first-order valence-electron chi connectivity index (χ1n) is 10.6. The molecule has 1 aromatic rings.